The summed E-state index contributed by atoms with van der Waals surface area (Å²) < 4.78 is 7.09. The Labute approximate surface area is 140 Å². The molecule has 0 aliphatic carbocycles. The van der Waals surface area contributed by atoms with E-state index < -0.39 is 5.60 Å². The van der Waals surface area contributed by atoms with Gasteiger partial charge in [0.15, 0.2) is 0 Å². The molecule has 0 aliphatic rings. The van der Waals surface area contributed by atoms with Crippen molar-refractivity contribution in [3.05, 3.63) is 18.0 Å². The number of carbonyl (C=O) groups excluding carboxylic acids is 1. The number of alkyl carbamates (subject to hydrolysis) is 1. The van der Waals surface area contributed by atoms with Gasteiger partial charge >= 0.3 is 6.09 Å². The lowest BCUT2D eigenvalue weighted by atomic mass is 9.96. The lowest BCUT2D eigenvalue weighted by Crippen LogP contribution is -2.39. The first-order valence-electron chi connectivity index (χ1n) is 8.33. The first kappa shape index (κ1) is 19.5. The van der Waals surface area contributed by atoms with Gasteiger partial charge < -0.3 is 15.4 Å². The highest BCUT2D eigenvalue weighted by Crippen LogP contribution is 2.10. The third-order valence-electron chi connectivity index (χ3n) is 3.58. The molecular formula is C17H32N4O2. The van der Waals surface area contributed by atoms with Crippen LogP contribution in [0.4, 0.5) is 4.79 Å². The van der Waals surface area contributed by atoms with Gasteiger partial charge in [-0.3, -0.25) is 4.68 Å². The van der Waals surface area contributed by atoms with Crippen LogP contribution in [0.25, 0.3) is 0 Å². The number of rotatable bonds is 8. The number of hydrogen-bond donors (Lipinski definition) is 2. The molecule has 0 fully saturated rings. The van der Waals surface area contributed by atoms with E-state index in [2.05, 4.69) is 29.6 Å². The van der Waals surface area contributed by atoms with Crippen molar-refractivity contribution in [1.29, 1.82) is 0 Å². The average Bonchev–Trinajstić information content (AvgIpc) is 2.81. The number of hydrogen-bond acceptors (Lipinski definition) is 4. The monoisotopic (exact) mass is 324 g/mol. The van der Waals surface area contributed by atoms with E-state index in [1.54, 1.807) is 0 Å². The van der Waals surface area contributed by atoms with Crippen LogP contribution in [0.1, 0.15) is 40.3 Å². The maximum absolute atomic E-state index is 11.7. The second-order valence-electron chi connectivity index (χ2n) is 7.32. The lowest BCUT2D eigenvalue weighted by molar-refractivity contribution is 0.0515. The fourth-order valence-electron chi connectivity index (χ4n) is 2.17. The molecule has 0 saturated carbocycles. The standard InChI is InChI=1S/C17H32N4O2/c1-13(2)14(12-19-16(22)23-17(3,4)5)11-18-9-7-15-8-10-21(6)20-15/h8,10,13-14,18H,7,9,11-12H2,1-6H3,(H,19,22). The summed E-state index contributed by atoms with van der Waals surface area (Å²) in [6.07, 6.45) is 2.51. The molecule has 0 aromatic carbocycles. The Balaban J connectivity index is 2.27. The van der Waals surface area contributed by atoms with Crippen LogP contribution < -0.4 is 10.6 Å². The second kappa shape index (κ2) is 8.91. The average molecular weight is 324 g/mol. The molecule has 6 nitrogen and oxygen atoms in total. The van der Waals surface area contributed by atoms with Gasteiger partial charge in [-0.05, 0) is 45.2 Å². The maximum atomic E-state index is 11.7. The third kappa shape index (κ3) is 8.59. The summed E-state index contributed by atoms with van der Waals surface area (Å²) in [4.78, 5) is 11.7. The molecule has 132 valence electrons. The van der Waals surface area contributed by atoms with Gasteiger partial charge in [-0.25, -0.2) is 4.79 Å². The molecule has 1 heterocycles. The normalized spacial score (nSPS) is 13.2. The minimum Gasteiger partial charge on any atom is -0.444 e. The van der Waals surface area contributed by atoms with Crippen LogP contribution in [0, 0.1) is 11.8 Å². The molecule has 1 aromatic rings. The van der Waals surface area contributed by atoms with Gasteiger partial charge in [-0.15, -0.1) is 0 Å². The highest BCUT2D eigenvalue weighted by atomic mass is 16.6. The zero-order valence-corrected chi connectivity index (χ0v) is 15.3. The maximum Gasteiger partial charge on any atom is 0.407 e. The van der Waals surface area contributed by atoms with E-state index in [-0.39, 0.29) is 6.09 Å². The quantitative estimate of drug-likeness (QED) is 0.720. The van der Waals surface area contributed by atoms with Crippen molar-refractivity contribution in [1.82, 2.24) is 20.4 Å². The first-order valence-corrected chi connectivity index (χ1v) is 8.33. The van der Waals surface area contributed by atoms with E-state index in [1.807, 2.05) is 44.8 Å². The van der Waals surface area contributed by atoms with Crippen LogP contribution >= 0.6 is 0 Å². The molecule has 2 N–H and O–H groups in total. The fourth-order valence-corrected chi connectivity index (χ4v) is 2.17. The predicted molar refractivity (Wildman–Crippen MR) is 92.3 cm³/mol. The van der Waals surface area contributed by atoms with Crippen molar-refractivity contribution in [2.45, 2.75) is 46.6 Å². The van der Waals surface area contributed by atoms with Gasteiger partial charge in [0.25, 0.3) is 0 Å². The Morgan fingerprint density at radius 3 is 2.57 bits per heavy atom. The molecule has 0 radical (unpaired) electrons. The summed E-state index contributed by atoms with van der Waals surface area (Å²) in [5, 5.41) is 10.7. The minimum atomic E-state index is -0.460. The van der Waals surface area contributed by atoms with Crippen molar-refractivity contribution in [3.63, 3.8) is 0 Å². The Morgan fingerprint density at radius 1 is 1.35 bits per heavy atom. The van der Waals surface area contributed by atoms with E-state index in [0.29, 0.717) is 18.4 Å². The van der Waals surface area contributed by atoms with E-state index in [9.17, 15) is 4.79 Å². The largest absolute Gasteiger partial charge is 0.444 e. The SMILES string of the molecule is CC(C)C(CNCCc1ccn(C)n1)CNC(=O)OC(C)(C)C. The van der Waals surface area contributed by atoms with Crippen LogP contribution in [-0.4, -0.2) is 41.1 Å². The minimum absolute atomic E-state index is 0.350. The van der Waals surface area contributed by atoms with Crippen molar-refractivity contribution in [3.8, 4) is 0 Å². The second-order valence-corrected chi connectivity index (χ2v) is 7.32. The number of nitrogens with one attached hydrogen (secondary N) is 2. The summed E-state index contributed by atoms with van der Waals surface area (Å²) in [5.74, 6) is 0.846. The van der Waals surface area contributed by atoms with Crippen LogP contribution in [0.15, 0.2) is 12.3 Å². The van der Waals surface area contributed by atoms with Gasteiger partial charge in [0, 0.05) is 32.8 Å². The zero-order chi connectivity index (χ0) is 17.5. The van der Waals surface area contributed by atoms with Crippen molar-refractivity contribution in [2.75, 3.05) is 19.6 Å². The molecule has 1 aromatic heterocycles. The number of aromatic nitrogens is 2. The topological polar surface area (TPSA) is 68.2 Å². The predicted octanol–water partition coefficient (Wildman–Crippen LogP) is 2.35. The zero-order valence-electron chi connectivity index (χ0n) is 15.3. The smallest absolute Gasteiger partial charge is 0.407 e. The molecular weight excluding hydrogens is 292 g/mol. The van der Waals surface area contributed by atoms with Crippen molar-refractivity contribution < 1.29 is 9.53 Å². The molecule has 1 atom stereocenters. The molecule has 1 rings (SSSR count). The number of nitrogens with zero attached hydrogens (tertiary/aromatic N) is 2. The van der Waals surface area contributed by atoms with Gasteiger partial charge in [-0.2, -0.15) is 5.10 Å². The Kier molecular flexibility index (Phi) is 7.55. The summed E-state index contributed by atoms with van der Waals surface area (Å²) in [6.45, 7) is 12.3. The summed E-state index contributed by atoms with van der Waals surface area (Å²) >= 11 is 0. The highest BCUT2D eigenvalue weighted by Gasteiger charge is 2.18. The van der Waals surface area contributed by atoms with Crippen LogP contribution in [0.3, 0.4) is 0 Å². The molecule has 1 unspecified atom stereocenters. The molecule has 6 heteroatoms. The third-order valence-corrected chi connectivity index (χ3v) is 3.58. The van der Waals surface area contributed by atoms with E-state index >= 15 is 0 Å². The Hall–Kier alpha value is -1.56. The molecule has 1 amide bonds. The molecule has 23 heavy (non-hydrogen) atoms. The van der Waals surface area contributed by atoms with Crippen molar-refractivity contribution >= 4 is 6.09 Å². The van der Waals surface area contributed by atoms with Gasteiger partial charge in [-0.1, -0.05) is 13.8 Å². The number of carbonyl (C=O) groups is 1. The number of amides is 1. The van der Waals surface area contributed by atoms with Crippen LogP contribution in [-0.2, 0) is 18.2 Å². The van der Waals surface area contributed by atoms with Gasteiger partial charge in [0.05, 0.1) is 5.69 Å². The molecule has 0 saturated heterocycles. The van der Waals surface area contributed by atoms with Gasteiger partial charge in [0.1, 0.15) is 5.60 Å². The van der Waals surface area contributed by atoms with E-state index in [0.717, 1.165) is 25.2 Å². The first-order chi connectivity index (χ1) is 10.7. The van der Waals surface area contributed by atoms with Gasteiger partial charge in [0.2, 0.25) is 0 Å². The summed E-state index contributed by atoms with van der Waals surface area (Å²) in [7, 11) is 1.92. The number of ether oxygens (including phenoxy) is 1. The highest BCUT2D eigenvalue weighted by molar-refractivity contribution is 5.67. The van der Waals surface area contributed by atoms with Crippen LogP contribution in [0.2, 0.25) is 0 Å². The van der Waals surface area contributed by atoms with Crippen LogP contribution in [0.5, 0.6) is 0 Å². The number of aryl methyl sites for hydroxylation is 1. The molecule has 0 spiro atoms. The Bertz CT molecular complexity index is 477. The molecule has 0 bridgehead atoms. The van der Waals surface area contributed by atoms with E-state index in [4.69, 9.17) is 4.74 Å². The summed E-state index contributed by atoms with van der Waals surface area (Å²) in [6, 6.07) is 2.03. The van der Waals surface area contributed by atoms with Crippen molar-refractivity contribution in [2.24, 2.45) is 18.9 Å². The fraction of sp³-hybridized carbons (Fsp3) is 0.765. The molecule has 0 aliphatic heterocycles. The lowest BCUT2D eigenvalue weighted by Gasteiger charge is -2.24. The summed E-state index contributed by atoms with van der Waals surface area (Å²) in [5.41, 5.74) is 0.631. The van der Waals surface area contributed by atoms with E-state index in [1.165, 1.54) is 0 Å². The Morgan fingerprint density at radius 2 is 2.04 bits per heavy atom.